The number of ether oxygens (including phenoxy) is 2. The summed E-state index contributed by atoms with van der Waals surface area (Å²) >= 11 is 1.32. The van der Waals surface area contributed by atoms with E-state index in [4.69, 9.17) is 9.47 Å². The first-order chi connectivity index (χ1) is 13.2. The van der Waals surface area contributed by atoms with Gasteiger partial charge in [-0.1, -0.05) is 36.4 Å². The average Bonchev–Trinajstić information content (AvgIpc) is 3.26. The number of nitrogens with zero attached hydrogens (tertiary/aromatic N) is 1. The van der Waals surface area contributed by atoms with Gasteiger partial charge in [-0.3, -0.25) is 4.79 Å². The SMILES string of the molecule is COc1ccc(C(=O)c2nccs2)cc1OCc1ccc2ccccc2c1. The summed E-state index contributed by atoms with van der Waals surface area (Å²) in [6.07, 6.45) is 1.62. The lowest BCUT2D eigenvalue weighted by atomic mass is 10.1. The minimum atomic E-state index is -0.122. The normalized spacial score (nSPS) is 10.7. The Morgan fingerprint density at radius 2 is 1.85 bits per heavy atom. The standard InChI is InChI=1S/C22H17NO3S/c1-25-19-9-8-18(21(24)22-23-10-11-27-22)13-20(19)26-14-15-6-7-16-4-2-3-5-17(16)12-15/h2-13H,14H2,1H3. The van der Waals surface area contributed by atoms with Crippen LogP contribution in [0, 0.1) is 0 Å². The maximum Gasteiger partial charge on any atom is 0.221 e. The van der Waals surface area contributed by atoms with Crippen LogP contribution in [0.25, 0.3) is 10.8 Å². The molecule has 134 valence electrons. The van der Waals surface area contributed by atoms with E-state index < -0.39 is 0 Å². The van der Waals surface area contributed by atoms with Gasteiger partial charge >= 0.3 is 0 Å². The summed E-state index contributed by atoms with van der Waals surface area (Å²) in [4.78, 5) is 16.6. The number of carbonyl (C=O) groups excluding carboxylic acids is 1. The molecule has 4 nitrogen and oxygen atoms in total. The number of fused-ring (bicyclic) bond motifs is 1. The number of carbonyl (C=O) groups is 1. The Morgan fingerprint density at radius 3 is 2.63 bits per heavy atom. The lowest BCUT2D eigenvalue weighted by Crippen LogP contribution is -2.03. The van der Waals surface area contributed by atoms with Gasteiger partial charge < -0.3 is 9.47 Å². The predicted octanol–water partition coefficient (Wildman–Crippen LogP) is 5.11. The number of thiazole rings is 1. The highest BCUT2D eigenvalue weighted by molar-refractivity contribution is 7.11. The fourth-order valence-electron chi connectivity index (χ4n) is 2.88. The molecule has 0 aliphatic carbocycles. The van der Waals surface area contributed by atoms with Gasteiger partial charge in [0.15, 0.2) is 16.5 Å². The van der Waals surface area contributed by atoms with Crippen molar-refractivity contribution < 1.29 is 14.3 Å². The van der Waals surface area contributed by atoms with Gasteiger partial charge in [-0.25, -0.2) is 4.98 Å². The van der Waals surface area contributed by atoms with E-state index in [0.717, 1.165) is 5.56 Å². The monoisotopic (exact) mass is 375 g/mol. The number of hydrogen-bond acceptors (Lipinski definition) is 5. The molecule has 4 rings (SSSR count). The van der Waals surface area contributed by atoms with E-state index in [0.29, 0.717) is 28.7 Å². The summed E-state index contributed by atoms with van der Waals surface area (Å²) in [5.41, 5.74) is 1.58. The molecule has 0 spiro atoms. The fraction of sp³-hybridized carbons (Fsp3) is 0.0909. The first-order valence-corrected chi connectivity index (χ1v) is 9.35. The largest absolute Gasteiger partial charge is 0.493 e. The van der Waals surface area contributed by atoms with Crippen molar-refractivity contribution in [1.82, 2.24) is 4.98 Å². The molecule has 0 aliphatic heterocycles. The Morgan fingerprint density at radius 1 is 1.00 bits per heavy atom. The Balaban J connectivity index is 1.58. The first-order valence-electron chi connectivity index (χ1n) is 8.47. The van der Waals surface area contributed by atoms with Crippen LogP contribution in [-0.2, 0) is 6.61 Å². The number of rotatable bonds is 6. The van der Waals surface area contributed by atoms with Gasteiger partial charge in [0.2, 0.25) is 5.78 Å². The highest BCUT2D eigenvalue weighted by Crippen LogP contribution is 2.30. The number of benzene rings is 3. The highest BCUT2D eigenvalue weighted by Gasteiger charge is 2.15. The second-order valence-electron chi connectivity index (χ2n) is 6.00. The van der Waals surface area contributed by atoms with Gasteiger partial charge in [-0.05, 0) is 40.6 Å². The highest BCUT2D eigenvalue weighted by atomic mass is 32.1. The van der Waals surface area contributed by atoms with Crippen molar-refractivity contribution in [3.63, 3.8) is 0 Å². The Kier molecular flexibility index (Phi) is 4.85. The molecule has 0 saturated heterocycles. The molecule has 0 fully saturated rings. The van der Waals surface area contributed by atoms with Gasteiger partial charge in [-0.2, -0.15) is 0 Å². The zero-order valence-electron chi connectivity index (χ0n) is 14.7. The first kappa shape index (κ1) is 17.2. The Labute approximate surface area is 161 Å². The summed E-state index contributed by atoms with van der Waals surface area (Å²) in [7, 11) is 1.58. The van der Waals surface area contributed by atoms with Crippen molar-refractivity contribution in [3.05, 3.63) is 88.4 Å². The molecule has 0 N–H and O–H groups in total. The van der Waals surface area contributed by atoms with Crippen LogP contribution in [0.15, 0.2) is 72.2 Å². The summed E-state index contributed by atoms with van der Waals surface area (Å²) in [6.45, 7) is 0.385. The maximum absolute atomic E-state index is 12.5. The topological polar surface area (TPSA) is 48.4 Å². The van der Waals surface area contributed by atoms with E-state index in [1.54, 1.807) is 36.9 Å². The third-order valence-electron chi connectivity index (χ3n) is 4.26. The molecule has 0 atom stereocenters. The number of hydrogen-bond donors (Lipinski definition) is 0. The van der Waals surface area contributed by atoms with E-state index in [1.807, 2.05) is 18.2 Å². The molecule has 27 heavy (non-hydrogen) atoms. The minimum absolute atomic E-state index is 0.122. The number of aromatic nitrogens is 1. The molecule has 0 aliphatic rings. The summed E-state index contributed by atoms with van der Waals surface area (Å²) in [5.74, 6) is 1.00. The molecule has 1 heterocycles. The second kappa shape index (κ2) is 7.60. The van der Waals surface area contributed by atoms with Crippen LogP contribution in [0.4, 0.5) is 0 Å². The van der Waals surface area contributed by atoms with Gasteiger partial charge in [0, 0.05) is 17.1 Å². The average molecular weight is 375 g/mol. The van der Waals surface area contributed by atoms with Gasteiger partial charge in [0.05, 0.1) is 7.11 Å². The van der Waals surface area contributed by atoms with Crippen LogP contribution in [0.3, 0.4) is 0 Å². The van der Waals surface area contributed by atoms with Gasteiger partial charge in [0.25, 0.3) is 0 Å². The molecular formula is C22H17NO3S. The van der Waals surface area contributed by atoms with Crippen LogP contribution in [0.5, 0.6) is 11.5 Å². The van der Waals surface area contributed by atoms with Crippen LogP contribution in [0.2, 0.25) is 0 Å². The molecular weight excluding hydrogens is 358 g/mol. The molecule has 0 bridgehead atoms. The molecule has 0 unspecified atom stereocenters. The predicted molar refractivity (Wildman–Crippen MR) is 107 cm³/mol. The molecule has 0 saturated carbocycles. The third kappa shape index (κ3) is 3.68. The van der Waals surface area contributed by atoms with Crippen molar-refractivity contribution in [3.8, 4) is 11.5 Å². The molecule has 3 aromatic carbocycles. The lowest BCUT2D eigenvalue weighted by molar-refractivity contribution is 0.103. The summed E-state index contributed by atoms with van der Waals surface area (Å²) < 4.78 is 11.4. The van der Waals surface area contributed by atoms with E-state index >= 15 is 0 Å². The van der Waals surface area contributed by atoms with E-state index in [9.17, 15) is 4.79 Å². The molecule has 0 amide bonds. The van der Waals surface area contributed by atoms with Crippen molar-refractivity contribution in [2.24, 2.45) is 0 Å². The van der Waals surface area contributed by atoms with Crippen molar-refractivity contribution in [2.45, 2.75) is 6.61 Å². The second-order valence-corrected chi connectivity index (χ2v) is 6.90. The van der Waals surface area contributed by atoms with Crippen LogP contribution >= 0.6 is 11.3 Å². The van der Waals surface area contributed by atoms with Crippen LogP contribution in [-0.4, -0.2) is 17.9 Å². The van der Waals surface area contributed by atoms with Gasteiger partial charge in [-0.15, -0.1) is 11.3 Å². The number of methoxy groups -OCH3 is 1. The molecule has 5 heteroatoms. The smallest absolute Gasteiger partial charge is 0.221 e. The summed E-state index contributed by atoms with van der Waals surface area (Å²) in [6, 6.07) is 19.6. The van der Waals surface area contributed by atoms with Gasteiger partial charge in [0.1, 0.15) is 6.61 Å². The van der Waals surface area contributed by atoms with Crippen LogP contribution in [0.1, 0.15) is 20.9 Å². The molecule has 1 aromatic heterocycles. The third-order valence-corrected chi connectivity index (χ3v) is 5.03. The summed E-state index contributed by atoms with van der Waals surface area (Å²) in [5, 5.41) is 4.60. The number of ketones is 1. The van der Waals surface area contributed by atoms with E-state index in [2.05, 4.69) is 29.2 Å². The molecule has 4 aromatic rings. The Hall–Kier alpha value is -3.18. The lowest BCUT2D eigenvalue weighted by Gasteiger charge is -2.12. The zero-order chi connectivity index (χ0) is 18.6. The quantitative estimate of drug-likeness (QED) is 0.439. The minimum Gasteiger partial charge on any atom is -0.493 e. The Bertz CT molecular complexity index is 1090. The van der Waals surface area contributed by atoms with Crippen molar-refractivity contribution >= 4 is 27.9 Å². The molecule has 0 radical (unpaired) electrons. The van der Waals surface area contributed by atoms with Crippen molar-refractivity contribution in [2.75, 3.05) is 7.11 Å². The van der Waals surface area contributed by atoms with Crippen LogP contribution < -0.4 is 9.47 Å². The maximum atomic E-state index is 12.5. The van der Waals surface area contributed by atoms with Crippen molar-refractivity contribution in [1.29, 1.82) is 0 Å². The fourth-order valence-corrected chi connectivity index (χ4v) is 3.48. The van der Waals surface area contributed by atoms with E-state index in [-0.39, 0.29) is 5.78 Å². The zero-order valence-corrected chi connectivity index (χ0v) is 15.5. The van der Waals surface area contributed by atoms with E-state index in [1.165, 1.54) is 22.1 Å².